The summed E-state index contributed by atoms with van der Waals surface area (Å²) in [5.41, 5.74) is 0.676. The number of hydrogen-bond acceptors (Lipinski definition) is 5. The number of ketones is 1. The van der Waals surface area contributed by atoms with Crippen molar-refractivity contribution in [2.75, 3.05) is 0 Å². The molecule has 0 bridgehead atoms. The molecule has 2 rings (SSSR count). The Labute approximate surface area is 134 Å². The van der Waals surface area contributed by atoms with Crippen LogP contribution in [0.5, 0.6) is 0 Å². The van der Waals surface area contributed by atoms with Gasteiger partial charge in [-0.05, 0) is 39.7 Å². The third-order valence-electron chi connectivity index (χ3n) is 3.50. The van der Waals surface area contributed by atoms with Gasteiger partial charge in [-0.1, -0.05) is 0 Å². The van der Waals surface area contributed by atoms with Crippen LogP contribution in [0.3, 0.4) is 0 Å². The number of rotatable bonds is 7. The maximum absolute atomic E-state index is 12.1. The topological polar surface area (TPSA) is 72.5 Å². The first-order chi connectivity index (χ1) is 10.4. The molecule has 1 amide bonds. The minimum atomic E-state index is -0.812. The molecule has 1 aliphatic carbocycles. The summed E-state index contributed by atoms with van der Waals surface area (Å²) < 4.78 is 5.06. The Hall–Kier alpha value is -1.69. The summed E-state index contributed by atoms with van der Waals surface area (Å²) in [5, 5.41) is 2.78. The molecule has 0 saturated heterocycles. The molecule has 120 valence electrons. The van der Waals surface area contributed by atoms with E-state index in [1.807, 2.05) is 19.9 Å². The van der Waals surface area contributed by atoms with Crippen LogP contribution in [-0.4, -0.2) is 29.8 Å². The maximum atomic E-state index is 12.1. The molecule has 1 aliphatic rings. The predicted octanol–water partition coefficient (Wildman–Crippen LogP) is 2.54. The van der Waals surface area contributed by atoms with E-state index in [4.69, 9.17) is 4.74 Å². The van der Waals surface area contributed by atoms with Crippen LogP contribution in [-0.2, 0) is 14.3 Å². The first-order valence-corrected chi connectivity index (χ1v) is 8.28. The number of thiophene rings is 1. The van der Waals surface area contributed by atoms with Gasteiger partial charge < -0.3 is 10.1 Å². The molecule has 0 aromatic carbocycles. The Balaban J connectivity index is 1.75. The van der Waals surface area contributed by atoms with Crippen molar-refractivity contribution in [1.82, 2.24) is 5.32 Å². The fourth-order valence-electron chi connectivity index (χ4n) is 2.11. The fourth-order valence-corrected chi connectivity index (χ4v) is 3.06. The Morgan fingerprint density at radius 2 is 2.00 bits per heavy atom. The van der Waals surface area contributed by atoms with Gasteiger partial charge in [-0.3, -0.25) is 14.4 Å². The van der Waals surface area contributed by atoms with Gasteiger partial charge in [-0.2, -0.15) is 0 Å². The van der Waals surface area contributed by atoms with E-state index in [1.165, 1.54) is 0 Å². The van der Waals surface area contributed by atoms with Crippen LogP contribution in [0.15, 0.2) is 6.07 Å². The maximum Gasteiger partial charge on any atom is 0.307 e. The van der Waals surface area contributed by atoms with Gasteiger partial charge in [0.05, 0.1) is 6.42 Å². The minimum absolute atomic E-state index is 0.00574. The van der Waals surface area contributed by atoms with E-state index < -0.39 is 12.1 Å². The van der Waals surface area contributed by atoms with Crippen molar-refractivity contribution in [3.8, 4) is 0 Å². The number of Topliss-reactive ketones (excluding diaryl/α,β-unsaturated/α-hetero) is 1. The third-order valence-corrected chi connectivity index (χ3v) is 4.46. The van der Waals surface area contributed by atoms with Crippen LogP contribution in [0.25, 0.3) is 0 Å². The van der Waals surface area contributed by atoms with Crippen LogP contribution in [0.2, 0.25) is 0 Å². The molecule has 1 N–H and O–H groups in total. The second-order valence-corrected chi connectivity index (χ2v) is 7.13. The molecule has 1 aromatic rings. The summed E-state index contributed by atoms with van der Waals surface area (Å²) >= 11 is 1.57. The van der Waals surface area contributed by atoms with Gasteiger partial charge in [-0.25, -0.2) is 0 Å². The number of carbonyl (C=O) groups excluding carboxylic acids is 3. The molecule has 1 saturated carbocycles. The zero-order valence-corrected chi connectivity index (χ0v) is 13.9. The monoisotopic (exact) mass is 323 g/mol. The van der Waals surface area contributed by atoms with Gasteiger partial charge >= 0.3 is 5.97 Å². The standard InChI is InChI=1S/C16H21NO4S/c1-9-8-13(11(3)22-9)14(18)6-7-15(19)21-10(2)16(20)17-12-4-5-12/h8,10,12H,4-7H2,1-3H3,(H,17,20)/t10-/m0/s1. The average Bonchev–Trinajstić information content (AvgIpc) is 3.19. The molecule has 0 spiro atoms. The first kappa shape index (κ1) is 16.7. The molecule has 1 atom stereocenters. The average molecular weight is 323 g/mol. The van der Waals surface area contributed by atoms with Gasteiger partial charge in [0.15, 0.2) is 11.9 Å². The fraction of sp³-hybridized carbons (Fsp3) is 0.562. The van der Waals surface area contributed by atoms with Gasteiger partial charge in [0, 0.05) is 27.8 Å². The zero-order valence-electron chi connectivity index (χ0n) is 13.1. The SMILES string of the molecule is Cc1cc(C(=O)CCC(=O)O[C@@H](C)C(=O)NC2CC2)c(C)s1. The summed E-state index contributed by atoms with van der Waals surface area (Å²) in [4.78, 5) is 37.5. The van der Waals surface area contributed by atoms with Crippen molar-refractivity contribution in [3.05, 3.63) is 21.4 Å². The van der Waals surface area contributed by atoms with E-state index in [-0.39, 0.29) is 30.6 Å². The number of esters is 1. The molecule has 6 heteroatoms. The summed E-state index contributed by atoms with van der Waals surface area (Å²) in [7, 11) is 0. The van der Waals surface area contributed by atoms with E-state index in [2.05, 4.69) is 5.32 Å². The lowest BCUT2D eigenvalue weighted by Crippen LogP contribution is -2.37. The Morgan fingerprint density at radius 3 is 2.55 bits per heavy atom. The van der Waals surface area contributed by atoms with Crippen LogP contribution in [0.4, 0.5) is 0 Å². The van der Waals surface area contributed by atoms with Crippen LogP contribution >= 0.6 is 11.3 Å². The van der Waals surface area contributed by atoms with Crippen LogP contribution in [0.1, 0.15) is 52.7 Å². The normalized spacial score (nSPS) is 15.2. The molecule has 0 aliphatic heterocycles. The largest absolute Gasteiger partial charge is 0.453 e. The van der Waals surface area contributed by atoms with Crippen molar-refractivity contribution in [2.45, 2.75) is 58.6 Å². The number of aryl methyl sites for hydroxylation is 2. The number of nitrogens with one attached hydrogen (secondary N) is 1. The first-order valence-electron chi connectivity index (χ1n) is 7.47. The van der Waals surface area contributed by atoms with E-state index in [0.29, 0.717) is 5.56 Å². The summed E-state index contributed by atoms with van der Waals surface area (Å²) in [6.45, 7) is 5.39. The highest BCUT2D eigenvalue weighted by Crippen LogP contribution is 2.22. The van der Waals surface area contributed by atoms with E-state index >= 15 is 0 Å². The third kappa shape index (κ3) is 4.66. The molecular formula is C16H21NO4S. The molecule has 0 radical (unpaired) electrons. The highest BCUT2D eigenvalue weighted by Gasteiger charge is 2.27. The lowest BCUT2D eigenvalue weighted by atomic mass is 10.1. The van der Waals surface area contributed by atoms with Gasteiger partial charge in [0.1, 0.15) is 0 Å². The van der Waals surface area contributed by atoms with Crippen molar-refractivity contribution in [2.24, 2.45) is 0 Å². The lowest BCUT2D eigenvalue weighted by Gasteiger charge is -2.12. The van der Waals surface area contributed by atoms with Crippen molar-refractivity contribution < 1.29 is 19.1 Å². The summed E-state index contributed by atoms with van der Waals surface area (Å²) in [5.74, 6) is -0.850. The summed E-state index contributed by atoms with van der Waals surface area (Å²) in [6, 6.07) is 2.08. The smallest absolute Gasteiger partial charge is 0.307 e. The molecule has 1 heterocycles. The quantitative estimate of drug-likeness (QED) is 0.618. The lowest BCUT2D eigenvalue weighted by molar-refractivity contribution is -0.154. The molecule has 1 aromatic heterocycles. The van der Waals surface area contributed by atoms with Crippen molar-refractivity contribution in [1.29, 1.82) is 0 Å². The van der Waals surface area contributed by atoms with Gasteiger partial charge in [-0.15, -0.1) is 11.3 Å². The van der Waals surface area contributed by atoms with Crippen LogP contribution < -0.4 is 5.32 Å². The molecule has 0 unspecified atom stereocenters. The number of ether oxygens (including phenoxy) is 1. The molecule has 1 fully saturated rings. The zero-order chi connectivity index (χ0) is 16.3. The van der Waals surface area contributed by atoms with E-state index in [1.54, 1.807) is 18.3 Å². The van der Waals surface area contributed by atoms with Gasteiger partial charge in [0.25, 0.3) is 5.91 Å². The number of hydrogen-bond donors (Lipinski definition) is 1. The minimum Gasteiger partial charge on any atom is -0.453 e. The number of amides is 1. The second kappa shape index (κ2) is 7.05. The van der Waals surface area contributed by atoms with E-state index in [0.717, 1.165) is 22.6 Å². The highest BCUT2D eigenvalue weighted by molar-refractivity contribution is 7.12. The summed E-state index contributed by atoms with van der Waals surface area (Å²) in [6.07, 6.45) is 1.26. The Kier molecular flexibility index (Phi) is 5.34. The van der Waals surface area contributed by atoms with Gasteiger partial charge in [0.2, 0.25) is 0 Å². The van der Waals surface area contributed by atoms with E-state index in [9.17, 15) is 14.4 Å². The Morgan fingerprint density at radius 1 is 1.32 bits per heavy atom. The molecule has 5 nitrogen and oxygen atoms in total. The van der Waals surface area contributed by atoms with Crippen LogP contribution in [0, 0.1) is 13.8 Å². The second-order valence-electron chi connectivity index (χ2n) is 5.67. The van der Waals surface area contributed by atoms with Crippen molar-refractivity contribution in [3.63, 3.8) is 0 Å². The van der Waals surface area contributed by atoms with Crippen molar-refractivity contribution >= 4 is 29.0 Å². The molecule has 22 heavy (non-hydrogen) atoms. The predicted molar refractivity (Wildman–Crippen MR) is 84.1 cm³/mol. The highest BCUT2D eigenvalue weighted by atomic mass is 32.1. The number of carbonyl (C=O) groups is 3. The molecular weight excluding hydrogens is 302 g/mol. The Bertz CT molecular complexity index is 589.